The number of halogens is 1. The predicted molar refractivity (Wildman–Crippen MR) is 137 cm³/mol. The zero-order valence-electron chi connectivity index (χ0n) is 19.0. The molecule has 5 rings (SSSR count). The maximum absolute atomic E-state index is 13.1. The number of rotatable bonds is 7. The van der Waals surface area contributed by atoms with Crippen molar-refractivity contribution in [2.75, 3.05) is 19.6 Å². The Morgan fingerprint density at radius 2 is 1.68 bits per heavy atom. The summed E-state index contributed by atoms with van der Waals surface area (Å²) >= 11 is 6.54. The van der Waals surface area contributed by atoms with E-state index in [1.807, 2.05) is 60.8 Å². The van der Waals surface area contributed by atoms with Crippen LogP contribution in [0.1, 0.15) is 41.2 Å². The minimum atomic E-state index is -0.154. The van der Waals surface area contributed by atoms with Crippen LogP contribution in [0.2, 0.25) is 5.02 Å². The Hall–Kier alpha value is -3.28. The number of piperidine rings is 1. The molecule has 174 valence electrons. The Morgan fingerprint density at radius 3 is 2.44 bits per heavy atom. The monoisotopic (exact) mass is 473 g/mol. The second-order valence-electron chi connectivity index (χ2n) is 8.67. The number of fused-ring (bicyclic) bond motifs is 1. The molecule has 1 unspecified atom stereocenters. The second-order valence-corrected chi connectivity index (χ2v) is 9.05. The molecule has 1 saturated heterocycles. The van der Waals surface area contributed by atoms with Crippen LogP contribution in [0.4, 0.5) is 0 Å². The number of para-hydroxylation sites is 1. The third-order valence-electron chi connectivity index (χ3n) is 6.44. The van der Waals surface area contributed by atoms with Crippen LogP contribution in [0.5, 0.6) is 11.5 Å². The van der Waals surface area contributed by atoms with E-state index in [-0.39, 0.29) is 11.9 Å². The number of hydrogen-bond donors (Lipinski definition) is 2. The quantitative estimate of drug-likeness (QED) is 0.319. The van der Waals surface area contributed by atoms with Crippen LogP contribution in [0.25, 0.3) is 10.9 Å². The zero-order valence-corrected chi connectivity index (χ0v) is 19.7. The topological polar surface area (TPSA) is 57.4 Å². The smallest absolute Gasteiger partial charge is 0.252 e. The van der Waals surface area contributed by atoms with E-state index in [1.54, 1.807) is 6.07 Å². The van der Waals surface area contributed by atoms with E-state index in [4.69, 9.17) is 16.3 Å². The molecular formula is C28H28ClN3O2. The normalized spacial score (nSPS) is 15.2. The van der Waals surface area contributed by atoms with Gasteiger partial charge in [-0.3, -0.25) is 9.69 Å². The first-order chi connectivity index (χ1) is 16.7. The Labute approximate surface area is 204 Å². The minimum absolute atomic E-state index is 0.0878. The lowest BCUT2D eigenvalue weighted by Gasteiger charge is -2.35. The summed E-state index contributed by atoms with van der Waals surface area (Å²) < 4.78 is 5.96. The number of aromatic nitrogens is 1. The molecule has 0 saturated carbocycles. The number of amides is 1. The zero-order chi connectivity index (χ0) is 23.3. The maximum atomic E-state index is 13.1. The molecule has 2 N–H and O–H groups in total. The number of carbonyl (C=O) groups excluding carboxylic acids is 1. The Morgan fingerprint density at radius 1 is 0.941 bits per heavy atom. The van der Waals surface area contributed by atoms with E-state index in [0.717, 1.165) is 41.1 Å². The summed E-state index contributed by atoms with van der Waals surface area (Å²) in [5, 5.41) is 4.48. The number of benzene rings is 3. The van der Waals surface area contributed by atoms with Crippen molar-refractivity contribution >= 4 is 28.4 Å². The van der Waals surface area contributed by atoms with Gasteiger partial charge in [-0.1, -0.05) is 48.4 Å². The first kappa shape index (κ1) is 22.5. The highest BCUT2D eigenvalue weighted by Gasteiger charge is 2.24. The average Bonchev–Trinajstić information content (AvgIpc) is 3.36. The summed E-state index contributed by atoms with van der Waals surface area (Å²) in [5.41, 5.74) is 2.58. The molecule has 2 heterocycles. The number of nitrogens with zero attached hydrogens (tertiary/aromatic N) is 1. The molecule has 1 atom stereocenters. The molecule has 34 heavy (non-hydrogen) atoms. The standard InChI is InChI=1S/C28H28ClN3O2/c29-27-23-15-16-30-25(23)14-13-24(27)28(33)31-19-26(32-17-5-2-6-18-32)20-9-11-22(12-10-20)34-21-7-3-1-4-8-21/h1,3-4,7-16,26,30H,2,5-6,17-19H2,(H,31,33). The van der Waals surface area contributed by atoms with E-state index >= 15 is 0 Å². The molecular weight excluding hydrogens is 446 g/mol. The van der Waals surface area contributed by atoms with E-state index < -0.39 is 0 Å². The van der Waals surface area contributed by atoms with Gasteiger partial charge in [0.25, 0.3) is 5.91 Å². The van der Waals surface area contributed by atoms with Crippen molar-refractivity contribution in [2.24, 2.45) is 0 Å². The summed E-state index contributed by atoms with van der Waals surface area (Å²) in [4.78, 5) is 18.7. The van der Waals surface area contributed by atoms with Gasteiger partial charge in [0.2, 0.25) is 0 Å². The molecule has 6 heteroatoms. The van der Waals surface area contributed by atoms with Crippen molar-refractivity contribution in [3.63, 3.8) is 0 Å². The molecule has 0 spiro atoms. The fourth-order valence-corrected chi connectivity index (χ4v) is 4.94. The van der Waals surface area contributed by atoms with Gasteiger partial charge < -0.3 is 15.0 Å². The number of nitrogens with one attached hydrogen (secondary N) is 2. The second kappa shape index (κ2) is 10.3. The van der Waals surface area contributed by atoms with E-state index in [0.29, 0.717) is 17.1 Å². The van der Waals surface area contributed by atoms with Crippen molar-refractivity contribution in [3.8, 4) is 11.5 Å². The fraction of sp³-hybridized carbons (Fsp3) is 0.250. The molecule has 0 radical (unpaired) electrons. The van der Waals surface area contributed by atoms with Crippen LogP contribution >= 0.6 is 11.6 Å². The van der Waals surface area contributed by atoms with Crippen LogP contribution in [0.3, 0.4) is 0 Å². The van der Waals surface area contributed by atoms with Crippen LogP contribution in [-0.2, 0) is 0 Å². The number of carbonyl (C=O) groups is 1. The average molecular weight is 474 g/mol. The molecule has 1 fully saturated rings. The summed E-state index contributed by atoms with van der Waals surface area (Å²) in [5.74, 6) is 1.45. The SMILES string of the molecule is O=C(NCC(c1ccc(Oc2ccccc2)cc1)N1CCCCC1)c1ccc2[nH]ccc2c1Cl. The molecule has 1 aliphatic rings. The molecule has 1 aromatic heterocycles. The Balaban J connectivity index is 1.32. The maximum Gasteiger partial charge on any atom is 0.252 e. The van der Waals surface area contributed by atoms with Gasteiger partial charge in [-0.05, 0) is 74.0 Å². The molecule has 0 bridgehead atoms. The van der Waals surface area contributed by atoms with Crippen molar-refractivity contribution in [2.45, 2.75) is 25.3 Å². The fourth-order valence-electron chi connectivity index (χ4n) is 4.63. The van der Waals surface area contributed by atoms with Crippen molar-refractivity contribution in [3.05, 3.63) is 95.1 Å². The summed E-state index contributed by atoms with van der Waals surface area (Å²) in [7, 11) is 0. The highest BCUT2D eigenvalue weighted by molar-refractivity contribution is 6.38. The summed E-state index contributed by atoms with van der Waals surface area (Å²) in [6.45, 7) is 2.57. The molecule has 1 amide bonds. The number of likely N-dealkylation sites (tertiary alicyclic amines) is 1. The molecule has 5 nitrogen and oxygen atoms in total. The first-order valence-corrected chi connectivity index (χ1v) is 12.2. The van der Waals surface area contributed by atoms with Crippen molar-refractivity contribution < 1.29 is 9.53 Å². The van der Waals surface area contributed by atoms with Gasteiger partial charge in [-0.15, -0.1) is 0 Å². The minimum Gasteiger partial charge on any atom is -0.457 e. The van der Waals surface area contributed by atoms with Crippen LogP contribution < -0.4 is 10.1 Å². The number of ether oxygens (including phenoxy) is 1. The van der Waals surface area contributed by atoms with Gasteiger partial charge in [-0.25, -0.2) is 0 Å². The third-order valence-corrected chi connectivity index (χ3v) is 6.85. The van der Waals surface area contributed by atoms with Gasteiger partial charge in [0.15, 0.2) is 0 Å². The van der Waals surface area contributed by atoms with Crippen LogP contribution in [0, 0.1) is 0 Å². The lowest BCUT2D eigenvalue weighted by Crippen LogP contribution is -2.40. The number of H-pyrrole nitrogens is 1. The summed E-state index contributed by atoms with van der Waals surface area (Å²) in [6, 6.07) is 23.6. The Bertz CT molecular complexity index is 1250. The van der Waals surface area contributed by atoms with Gasteiger partial charge >= 0.3 is 0 Å². The molecule has 1 aliphatic heterocycles. The van der Waals surface area contributed by atoms with Crippen LogP contribution in [0.15, 0.2) is 79.0 Å². The lowest BCUT2D eigenvalue weighted by molar-refractivity contribution is 0.0924. The molecule has 4 aromatic rings. The predicted octanol–water partition coefficient (Wildman–Crippen LogP) is 6.57. The highest BCUT2D eigenvalue weighted by atomic mass is 35.5. The van der Waals surface area contributed by atoms with Crippen molar-refractivity contribution in [1.29, 1.82) is 0 Å². The molecule has 0 aliphatic carbocycles. The number of aromatic amines is 1. The highest BCUT2D eigenvalue weighted by Crippen LogP contribution is 2.29. The third kappa shape index (κ3) is 4.96. The van der Waals surface area contributed by atoms with Crippen LogP contribution in [-0.4, -0.2) is 35.4 Å². The van der Waals surface area contributed by atoms with Crippen molar-refractivity contribution in [1.82, 2.24) is 15.2 Å². The van der Waals surface area contributed by atoms with Gasteiger partial charge in [0, 0.05) is 23.6 Å². The molecule has 3 aromatic carbocycles. The van der Waals surface area contributed by atoms with E-state index in [2.05, 4.69) is 27.3 Å². The Kier molecular flexibility index (Phi) is 6.84. The van der Waals surface area contributed by atoms with E-state index in [1.165, 1.54) is 19.3 Å². The summed E-state index contributed by atoms with van der Waals surface area (Å²) in [6.07, 6.45) is 5.44. The van der Waals surface area contributed by atoms with Gasteiger partial charge in [0.1, 0.15) is 11.5 Å². The largest absolute Gasteiger partial charge is 0.457 e. The van der Waals surface area contributed by atoms with Gasteiger partial charge in [0.05, 0.1) is 16.6 Å². The van der Waals surface area contributed by atoms with E-state index in [9.17, 15) is 4.79 Å². The number of hydrogen-bond acceptors (Lipinski definition) is 3. The first-order valence-electron chi connectivity index (χ1n) is 11.8. The lowest BCUT2D eigenvalue weighted by atomic mass is 10.0. The van der Waals surface area contributed by atoms with Gasteiger partial charge in [-0.2, -0.15) is 0 Å².